The maximum absolute atomic E-state index is 5.82. The second kappa shape index (κ2) is 28.4. The molecule has 0 aliphatic heterocycles. The smallest absolute Gasteiger partial charge is 0.312 e. The van der Waals surface area contributed by atoms with Crippen LogP contribution < -0.4 is 0 Å². The molecular weight excluding hydrogens is 836 g/mol. The average Bonchev–Trinajstić information content (AvgIpc) is 2.92. The van der Waals surface area contributed by atoms with Gasteiger partial charge in [-0.2, -0.15) is 0 Å². The van der Waals surface area contributed by atoms with Crippen molar-refractivity contribution < 1.29 is 57.2 Å². The fourth-order valence-electron chi connectivity index (χ4n) is 2.55. The van der Waals surface area contributed by atoms with Crippen LogP contribution in [0, 0.1) is 48.7 Å². The predicted molar refractivity (Wildman–Crippen MR) is 249 cm³/mol. The molecule has 0 aliphatic rings. The van der Waals surface area contributed by atoms with E-state index in [-0.39, 0.29) is 65.2 Å². The van der Waals surface area contributed by atoms with E-state index in [1.165, 1.54) is 0 Å². The van der Waals surface area contributed by atoms with Gasteiger partial charge in [0.05, 0.1) is 59.5 Å². The minimum atomic E-state index is -1.25. The van der Waals surface area contributed by atoms with Crippen LogP contribution >= 0.6 is 25.8 Å². The Balaban J connectivity index is -0.000000374. The molecule has 0 aliphatic carbocycles. The van der Waals surface area contributed by atoms with Gasteiger partial charge in [-0.05, 0) is 48.7 Å². The van der Waals surface area contributed by atoms with Gasteiger partial charge in [-0.25, -0.2) is 0 Å². The van der Waals surface area contributed by atoms with Crippen LogP contribution in [0.5, 0.6) is 0 Å². The quantitative estimate of drug-likeness (QED) is 0.0985. The summed E-state index contributed by atoms with van der Waals surface area (Å²) in [4.78, 5) is 0. The van der Waals surface area contributed by atoms with Crippen LogP contribution in [-0.4, -0.2) is 59.5 Å². The topological polar surface area (TPSA) is 83.1 Å². The fraction of sp³-hybridized carbons (Fsp3) is 1.00. The maximum Gasteiger partial charge on any atom is 0.332 e. The van der Waals surface area contributed by atoms with E-state index in [2.05, 4.69) is 187 Å². The van der Waals surface area contributed by atoms with Crippen LogP contribution in [0.25, 0.3) is 0 Å². The van der Waals surface area contributed by atoms with Gasteiger partial charge >= 0.3 is 25.8 Å². The SMILES string of the molecule is CC(C)(C)COP(OCC(C)(C)C)OCC(C)(C)C.CC(C)(C)COP(OCC(C)(C)C)OCC(C)(C)C.CC(C)(C)COP(OCC(C)(C)C)OCC(C)(C)C.[Ni]. The van der Waals surface area contributed by atoms with Gasteiger partial charge in [0.1, 0.15) is 0 Å². The molecule has 9 nitrogen and oxygen atoms in total. The molecule has 0 atom stereocenters. The zero-order valence-electron chi connectivity index (χ0n) is 43.2. The zero-order chi connectivity index (χ0) is 46.0. The summed E-state index contributed by atoms with van der Waals surface area (Å²) in [6.45, 7) is 63.8. The first kappa shape index (κ1) is 66.0. The minimum absolute atomic E-state index is 0. The van der Waals surface area contributed by atoms with E-state index in [0.29, 0.717) is 59.5 Å². The van der Waals surface area contributed by atoms with Crippen molar-refractivity contribution in [3.05, 3.63) is 0 Å². The van der Waals surface area contributed by atoms with Crippen molar-refractivity contribution >= 4 is 25.8 Å². The van der Waals surface area contributed by atoms with E-state index in [9.17, 15) is 0 Å². The van der Waals surface area contributed by atoms with Crippen molar-refractivity contribution in [1.29, 1.82) is 0 Å². The second-order valence-electron chi connectivity index (χ2n) is 26.2. The van der Waals surface area contributed by atoms with E-state index in [4.69, 9.17) is 40.7 Å². The van der Waals surface area contributed by atoms with Crippen molar-refractivity contribution in [2.24, 2.45) is 48.7 Å². The zero-order valence-corrected chi connectivity index (χ0v) is 46.9. The monoisotopic (exact) mass is 935 g/mol. The van der Waals surface area contributed by atoms with E-state index in [0.717, 1.165) is 0 Å². The molecular formula is C45H99NiO9P3. The van der Waals surface area contributed by atoms with Gasteiger partial charge < -0.3 is 40.7 Å². The summed E-state index contributed by atoms with van der Waals surface area (Å²) in [6.07, 6.45) is 0. The van der Waals surface area contributed by atoms with Crippen molar-refractivity contribution in [3.63, 3.8) is 0 Å². The molecule has 0 bridgehead atoms. The molecule has 0 saturated heterocycles. The molecule has 0 spiro atoms. The molecule has 0 N–H and O–H groups in total. The van der Waals surface area contributed by atoms with Crippen LogP contribution in [0.1, 0.15) is 187 Å². The van der Waals surface area contributed by atoms with Gasteiger partial charge in [0.25, 0.3) is 0 Å². The van der Waals surface area contributed by atoms with Crippen LogP contribution in [0.15, 0.2) is 0 Å². The Morgan fingerprint density at radius 1 is 0.190 bits per heavy atom. The Morgan fingerprint density at radius 3 is 0.310 bits per heavy atom. The Labute approximate surface area is 376 Å². The van der Waals surface area contributed by atoms with Crippen LogP contribution in [0.4, 0.5) is 0 Å². The van der Waals surface area contributed by atoms with Crippen LogP contribution in [-0.2, 0) is 57.2 Å². The van der Waals surface area contributed by atoms with Crippen molar-refractivity contribution in [2.45, 2.75) is 187 Å². The van der Waals surface area contributed by atoms with E-state index in [1.807, 2.05) is 0 Å². The van der Waals surface area contributed by atoms with E-state index < -0.39 is 25.8 Å². The standard InChI is InChI=1S/3C15H33O3P.Ni/c3*1-13(2,3)10-16-19(17-11-14(4,5)6)18-12-15(7,8)9;/h3*10-12H2,1-9H3;. The third-order valence-electron chi connectivity index (χ3n) is 5.43. The third kappa shape index (κ3) is 59.5. The Hall–Kier alpha value is 1.42. The minimum Gasteiger partial charge on any atom is -0.312 e. The number of rotatable bonds is 18. The molecule has 0 aromatic heterocycles. The molecule has 358 valence electrons. The number of hydrogen-bond acceptors (Lipinski definition) is 9. The van der Waals surface area contributed by atoms with Gasteiger partial charge in [0.2, 0.25) is 0 Å². The molecule has 0 heterocycles. The first-order valence-electron chi connectivity index (χ1n) is 20.9. The average molecular weight is 936 g/mol. The van der Waals surface area contributed by atoms with Gasteiger partial charge in [-0.3, -0.25) is 0 Å². The van der Waals surface area contributed by atoms with Crippen molar-refractivity contribution in [2.75, 3.05) is 59.5 Å². The molecule has 0 rings (SSSR count). The first-order valence-corrected chi connectivity index (χ1v) is 24.2. The molecule has 0 fully saturated rings. The second-order valence-corrected chi connectivity index (χ2v) is 29.8. The molecule has 58 heavy (non-hydrogen) atoms. The summed E-state index contributed by atoms with van der Waals surface area (Å²) in [6, 6.07) is 0. The van der Waals surface area contributed by atoms with Crippen LogP contribution in [0.2, 0.25) is 0 Å². The molecule has 0 radical (unpaired) electrons. The third-order valence-corrected chi connectivity index (χ3v) is 8.49. The van der Waals surface area contributed by atoms with E-state index in [1.54, 1.807) is 0 Å². The summed E-state index contributed by atoms with van der Waals surface area (Å²) in [7, 11) is -3.76. The fourth-order valence-corrected chi connectivity index (χ4v) is 7.66. The largest absolute Gasteiger partial charge is 0.332 e. The van der Waals surface area contributed by atoms with E-state index >= 15 is 0 Å². The molecule has 0 aromatic carbocycles. The Kier molecular flexibility index (Phi) is 32.3. The number of hydrogen-bond donors (Lipinski definition) is 0. The molecule has 13 heteroatoms. The predicted octanol–water partition coefficient (Wildman–Crippen LogP) is 16.2. The molecule has 0 unspecified atom stereocenters. The molecule has 0 saturated carbocycles. The molecule has 0 amide bonds. The van der Waals surface area contributed by atoms with Gasteiger partial charge in [-0.15, -0.1) is 0 Å². The maximum atomic E-state index is 5.82. The Morgan fingerprint density at radius 2 is 0.259 bits per heavy atom. The van der Waals surface area contributed by atoms with Gasteiger partial charge in [0.15, 0.2) is 0 Å². The summed E-state index contributed by atoms with van der Waals surface area (Å²) >= 11 is 0. The van der Waals surface area contributed by atoms with Gasteiger partial charge in [0, 0.05) is 16.5 Å². The summed E-state index contributed by atoms with van der Waals surface area (Å²) in [5.74, 6) is 0. The summed E-state index contributed by atoms with van der Waals surface area (Å²) in [5, 5.41) is 0. The van der Waals surface area contributed by atoms with Crippen LogP contribution in [0.3, 0.4) is 0 Å². The Bertz CT molecular complexity index is 744. The normalized spacial score (nSPS) is 14.0. The van der Waals surface area contributed by atoms with Gasteiger partial charge in [-0.1, -0.05) is 187 Å². The first-order chi connectivity index (χ1) is 24.9. The summed E-state index contributed by atoms with van der Waals surface area (Å²) < 4.78 is 52.4. The summed E-state index contributed by atoms with van der Waals surface area (Å²) in [5.41, 5.74) is 1.10. The van der Waals surface area contributed by atoms with Crippen molar-refractivity contribution in [1.82, 2.24) is 0 Å². The molecule has 0 aromatic rings. The van der Waals surface area contributed by atoms with Crippen molar-refractivity contribution in [3.8, 4) is 0 Å².